The standard InChI is InChI=1S/C26H31FN4O3/c1-16-13-18(17(2)28-20-8-6-7-19(27)23(20)25(33)34-5)24-29-21(14-22(32)31(24)15-16)30-11-9-26(3,4)10-12-30/h6-8,13-15,17,28H,9-12H2,1-5H3. The van der Waals surface area contributed by atoms with Crippen molar-refractivity contribution < 1.29 is 13.9 Å². The second kappa shape index (κ2) is 9.08. The molecule has 0 bridgehead atoms. The Balaban J connectivity index is 1.76. The number of aryl methyl sites for hydroxylation is 1. The van der Waals surface area contributed by atoms with Crippen LogP contribution in [0.25, 0.3) is 5.65 Å². The molecule has 4 rings (SSSR count). The fourth-order valence-corrected chi connectivity index (χ4v) is 4.44. The zero-order valence-electron chi connectivity index (χ0n) is 20.3. The van der Waals surface area contributed by atoms with Gasteiger partial charge in [-0.05, 0) is 55.9 Å². The SMILES string of the molecule is COC(=O)c1c(F)cccc1NC(C)c1cc(C)cn2c(=O)cc(N3CCC(C)(C)CC3)nc12. The van der Waals surface area contributed by atoms with Gasteiger partial charge in [0.1, 0.15) is 22.8 Å². The van der Waals surface area contributed by atoms with E-state index in [9.17, 15) is 14.0 Å². The second-order valence-corrected chi connectivity index (χ2v) is 9.79. The predicted molar refractivity (Wildman–Crippen MR) is 131 cm³/mol. The number of piperidine rings is 1. The number of hydrogen-bond acceptors (Lipinski definition) is 6. The number of fused-ring (bicyclic) bond motifs is 1. The van der Waals surface area contributed by atoms with Crippen LogP contribution in [0, 0.1) is 18.2 Å². The van der Waals surface area contributed by atoms with E-state index in [0.29, 0.717) is 17.2 Å². The van der Waals surface area contributed by atoms with Crippen LogP contribution in [0.1, 0.15) is 61.1 Å². The van der Waals surface area contributed by atoms with Crippen molar-refractivity contribution in [2.75, 3.05) is 30.4 Å². The minimum atomic E-state index is -0.758. The van der Waals surface area contributed by atoms with Crippen LogP contribution in [0.2, 0.25) is 0 Å². The number of halogens is 1. The molecule has 2 aromatic heterocycles. The summed E-state index contributed by atoms with van der Waals surface area (Å²) in [5, 5.41) is 3.22. The first-order valence-corrected chi connectivity index (χ1v) is 11.5. The average molecular weight is 467 g/mol. The number of nitrogens with zero attached hydrogens (tertiary/aromatic N) is 3. The summed E-state index contributed by atoms with van der Waals surface area (Å²) < 4.78 is 20.7. The van der Waals surface area contributed by atoms with Crippen LogP contribution < -0.4 is 15.8 Å². The summed E-state index contributed by atoms with van der Waals surface area (Å²) in [6.45, 7) is 10.0. The lowest BCUT2D eigenvalue weighted by Crippen LogP contribution is -2.38. The van der Waals surface area contributed by atoms with Gasteiger partial charge in [0.2, 0.25) is 0 Å². The van der Waals surface area contributed by atoms with Crippen LogP contribution in [0.15, 0.2) is 41.3 Å². The van der Waals surface area contributed by atoms with Gasteiger partial charge in [-0.2, -0.15) is 0 Å². The summed E-state index contributed by atoms with van der Waals surface area (Å²) in [6, 6.07) is 7.56. The number of pyridine rings is 1. The third kappa shape index (κ3) is 4.62. The van der Waals surface area contributed by atoms with Gasteiger partial charge in [0, 0.05) is 30.9 Å². The van der Waals surface area contributed by atoms with E-state index in [2.05, 4.69) is 24.1 Å². The van der Waals surface area contributed by atoms with Crippen LogP contribution in [-0.4, -0.2) is 35.6 Å². The molecule has 1 aromatic carbocycles. The highest BCUT2D eigenvalue weighted by atomic mass is 19.1. The van der Waals surface area contributed by atoms with E-state index in [-0.39, 0.29) is 22.6 Å². The molecule has 8 heteroatoms. The van der Waals surface area contributed by atoms with Gasteiger partial charge >= 0.3 is 5.97 Å². The van der Waals surface area contributed by atoms with Gasteiger partial charge in [-0.25, -0.2) is 14.2 Å². The Labute approximate surface area is 198 Å². The summed E-state index contributed by atoms with van der Waals surface area (Å²) in [7, 11) is 1.22. The first kappa shape index (κ1) is 23.7. The van der Waals surface area contributed by atoms with Gasteiger partial charge < -0.3 is 15.0 Å². The molecular weight excluding hydrogens is 435 g/mol. The lowest BCUT2D eigenvalue weighted by atomic mass is 9.83. The zero-order valence-corrected chi connectivity index (χ0v) is 20.3. The summed E-state index contributed by atoms with van der Waals surface area (Å²) in [5.74, 6) is -0.756. The van der Waals surface area contributed by atoms with E-state index in [0.717, 1.165) is 37.1 Å². The first-order chi connectivity index (χ1) is 16.1. The molecule has 1 atom stereocenters. The molecule has 0 spiro atoms. The molecule has 7 nitrogen and oxygen atoms in total. The Morgan fingerprint density at radius 3 is 2.62 bits per heavy atom. The lowest BCUT2D eigenvalue weighted by molar-refractivity contribution is 0.0596. The minimum Gasteiger partial charge on any atom is -0.465 e. The number of carbonyl (C=O) groups excluding carboxylic acids is 1. The largest absolute Gasteiger partial charge is 0.465 e. The van der Waals surface area contributed by atoms with Crippen molar-refractivity contribution in [1.82, 2.24) is 9.38 Å². The molecule has 1 aliphatic heterocycles. The number of methoxy groups -OCH3 is 1. The van der Waals surface area contributed by atoms with Gasteiger partial charge in [-0.3, -0.25) is 9.20 Å². The zero-order chi connectivity index (χ0) is 24.6. The fraction of sp³-hybridized carbons (Fsp3) is 0.423. The highest BCUT2D eigenvalue weighted by Gasteiger charge is 2.27. The smallest absolute Gasteiger partial charge is 0.342 e. The Hall–Kier alpha value is -3.42. The molecule has 1 fully saturated rings. The number of hydrogen-bond donors (Lipinski definition) is 1. The van der Waals surface area contributed by atoms with Crippen molar-refractivity contribution in [3.63, 3.8) is 0 Å². The Morgan fingerprint density at radius 2 is 1.94 bits per heavy atom. The third-order valence-electron chi connectivity index (χ3n) is 6.60. The third-order valence-corrected chi connectivity index (χ3v) is 6.60. The molecule has 0 aliphatic carbocycles. The predicted octanol–water partition coefficient (Wildman–Crippen LogP) is 4.73. The second-order valence-electron chi connectivity index (χ2n) is 9.79. The van der Waals surface area contributed by atoms with Crippen LogP contribution in [-0.2, 0) is 4.74 Å². The normalized spacial score (nSPS) is 16.4. The van der Waals surface area contributed by atoms with Gasteiger partial charge in [0.15, 0.2) is 0 Å². The lowest BCUT2D eigenvalue weighted by Gasteiger charge is -2.37. The number of esters is 1. The van der Waals surface area contributed by atoms with E-state index in [1.54, 1.807) is 22.7 Å². The number of benzene rings is 1. The molecule has 0 radical (unpaired) electrons. The van der Waals surface area contributed by atoms with E-state index in [1.165, 1.54) is 19.2 Å². The summed E-state index contributed by atoms with van der Waals surface area (Å²) in [5.41, 5.74) is 2.49. The maximum absolute atomic E-state index is 14.4. The molecule has 34 heavy (non-hydrogen) atoms. The van der Waals surface area contributed by atoms with Gasteiger partial charge in [0.05, 0.1) is 18.8 Å². The van der Waals surface area contributed by atoms with Crippen molar-refractivity contribution in [2.24, 2.45) is 5.41 Å². The minimum absolute atomic E-state index is 0.150. The van der Waals surface area contributed by atoms with Crippen molar-refractivity contribution in [3.05, 3.63) is 69.4 Å². The molecule has 3 heterocycles. The average Bonchev–Trinajstić information content (AvgIpc) is 2.78. The molecule has 1 aliphatic rings. The summed E-state index contributed by atoms with van der Waals surface area (Å²) in [6.07, 6.45) is 3.83. The monoisotopic (exact) mass is 466 g/mol. The number of carbonyl (C=O) groups is 1. The molecule has 1 N–H and O–H groups in total. The number of rotatable bonds is 5. The van der Waals surface area contributed by atoms with Gasteiger partial charge in [0.25, 0.3) is 5.56 Å². The van der Waals surface area contributed by atoms with E-state index < -0.39 is 11.8 Å². The number of ether oxygens (including phenoxy) is 1. The first-order valence-electron chi connectivity index (χ1n) is 11.5. The molecule has 1 saturated heterocycles. The van der Waals surface area contributed by atoms with Crippen molar-refractivity contribution in [1.29, 1.82) is 0 Å². The Morgan fingerprint density at radius 1 is 1.24 bits per heavy atom. The molecule has 1 unspecified atom stereocenters. The summed E-state index contributed by atoms with van der Waals surface area (Å²) in [4.78, 5) is 32.3. The molecular formula is C26H31FN4O3. The van der Waals surface area contributed by atoms with Crippen LogP contribution in [0.4, 0.5) is 15.9 Å². The maximum Gasteiger partial charge on any atom is 0.342 e. The molecule has 0 amide bonds. The van der Waals surface area contributed by atoms with E-state index in [1.807, 2.05) is 19.9 Å². The van der Waals surface area contributed by atoms with Gasteiger partial charge in [-0.15, -0.1) is 0 Å². The fourth-order valence-electron chi connectivity index (χ4n) is 4.44. The number of anilines is 2. The van der Waals surface area contributed by atoms with Crippen LogP contribution in [0.3, 0.4) is 0 Å². The van der Waals surface area contributed by atoms with Crippen molar-refractivity contribution >= 4 is 23.1 Å². The maximum atomic E-state index is 14.4. The topological polar surface area (TPSA) is 75.9 Å². The van der Waals surface area contributed by atoms with E-state index >= 15 is 0 Å². The molecule has 0 saturated carbocycles. The number of aromatic nitrogens is 2. The highest BCUT2D eigenvalue weighted by Crippen LogP contribution is 2.32. The van der Waals surface area contributed by atoms with Crippen LogP contribution >= 0.6 is 0 Å². The quantitative estimate of drug-likeness (QED) is 0.548. The Kier molecular flexibility index (Phi) is 6.34. The van der Waals surface area contributed by atoms with Crippen LogP contribution in [0.5, 0.6) is 0 Å². The highest BCUT2D eigenvalue weighted by molar-refractivity contribution is 5.96. The van der Waals surface area contributed by atoms with Crippen molar-refractivity contribution in [3.8, 4) is 0 Å². The van der Waals surface area contributed by atoms with Crippen molar-refractivity contribution in [2.45, 2.75) is 46.6 Å². The summed E-state index contributed by atoms with van der Waals surface area (Å²) >= 11 is 0. The Bertz CT molecular complexity index is 1290. The number of nitrogens with one attached hydrogen (secondary N) is 1. The van der Waals surface area contributed by atoms with Gasteiger partial charge in [-0.1, -0.05) is 19.9 Å². The molecule has 180 valence electrons. The molecule has 3 aromatic rings. The van der Waals surface area contributed by atoms with E-state index in [4.69, 9.17) is 9.72 Å².